The number of benzene rings is 1. The molecule has 2 aromatic rings. The third-order valence-electron chi connectivity index (χ3n) is 3.74. The van der Waals surface area contributed by atoms with Gasteiger partial charge in [-0.05, 0) is 25.5 Å². The van der Waals surface area contributed by atoms with Gasteiger partial charge in [-0.1, -0.05) is 38.1 Å². The molecule has 0 aliphatic carbocycles. The topological polar surface area (TPSA) is 83.9 Å². The number of nitrogens with two attached hydrogens (primary N) is 1. The minimum absolute atomic E-state index is 0. The number of nitrogens with zero attached hydrogens (tertiary/aromatic N) is 1. The summed E-state index contributed by atoms with van der Waals surface area (Å²) in [5.74, 6) is -0.0344. The summed E-state index contributed by atoms with van der Waals surface area (Å²) in [5, 5.41) is 10.2. The second-order valence-electron chi connectivity index (χ2n) is 5.14. The molecule has 0 atom stereocenters. The van der Waals surface area contributed by atoms with E-state index >= 15 is 0 Å². The Balaban J connectivity index is 0.00000170. The second-order valence-corrected chi connectivity index (χ2v) is 5.14. The maximum Gasteiger partial charge on any atom is 0.253 e. The van der Waals surface area contributed by atoms with Crippen molar-refractivity contribution in [1.29, 1.82) is 5.41 Å². The van der Waals surface area contributed by atoms with Crippen LogP contribution < -0.4 is 11.1 Å². The molecule has 1 aromatic heterocycles. The molecule has 6 heteroatoms. The van der Waals surface area contributed by atoms with Gasteiger partial charge in [0.1, 0.15) is 5.84 Å². The van der Waals surface area contributed by atoms with Crippen molar-refractivity contribution in [3.05, 3.63) is 58.4 Å². The van der Waals surface area contributed by atoms with Crippen LogP contribution in [0.2, 0.25) is 0 Å². The van der Waals surface area contributed by atoms with Crippen LogP contribution in [0.3, 0.4) is 0 Å². The van der Waals surface area contributed by atoms with Crippen LogP contribution in [0, 0.1) is 57.0 Å². The average molecular weight is 354 g/mol. The maximum absolute atomic E-state index is 12.2. The molecule has 0 saturated heterocycles. The van der Waals surface area contributed by atoms with Crippen molar-refractivity contribution in [3.63, 3.8) is 0 Å². The van der Waals surface area contributed by atoms with Crippen LogP contribution in [0.4, 0.5) is 0 Å². The molecule has 0 aliphatic heterocycles. The number of nitrogens with one attached hydrogen (secondary N) is 2. The Hall–Kier alpha value is -1.30. The van der Waals surface area contributed by atoms with Crippen LogP contribution in [0.15, 0.2) is 30.3 Å². The zero-order chi connectivity index (χ0) is 17.6. The van der Waals surface area contributed by atoms with Crippen LogP contribution in [0.5, 0.6) is 0 Å². The van der Waals surface area contributed by atoms with Gasteiger partial charge in [0.2, 0.25) is 0 Å². The van der Waals surface area contributed by atoms with Crippen LogP contribution in [0.1, 0.15) is 46.7 Å². The number of amidine groups is 1. The Labute approximate surface area is 174 Å². The Kier molecular flexibility index (Phi) is 9.97. The zero-order valence-electron chi connectivity index (χ0n) is 14.9. The van der Waals surface area contributed by atoms with Gasteiger partial charge in [-0.25, -0.2) is 0 Å². The van der Waals surface area contributed by atoms with Crippen molar-refractivity contribution >= 4 is 11.7 Å². The first kappa shape index (κ1) is 22.7. The van der Waals surface area contributed by atoms with Crippen molar-refractivity contribution in [1.82, 2.24) is 9.88 Å². The van der Waals surface area contributed by atoms with Crippen LogP contribution >= 0.6 is 0 Å². The van der Waals surface area contributed by atoms with Gasteiger partial charge in [-0.3, -0.25) is 10.2 Å². The van der Waals surface area contributed by atoms with Gasteiger partial charge in [0.25, 0.3) is 5.91 Å². The van der Waals surface area contributed by atoms with Gasteiger partial charge in [0.05, 0.1) is 5.56 Å². The first-order valence-electron chi connectivity index (χ1n) is 7.74. The first-order valence-corrected chi connectivity index (χ1v) is 7.74. The maximum atomic E-state index is 12.2. The SMILES string of the molecule is CC.Cc1cc(C(=O)NCc2ccc(C(=N)N)cc2)c(C)n1C.[Ar]. The fraction of sp³-hybridized carbons (Fsp3) is 0.333. The van der Waals surface area contributed by atoms with Gasteiger partial charge in [0, 0.05) is 68.3 Å². The van der Waals surface area contributed by atoms with E-state index in [9.17, 15) is 4.79 Å². The van der Waals surface area contributed by atoms with Crippen molar-refractivity contribution in [3.8, 4) is 0 Å². The summed E-state index contributed by atoms with van der Waals surface area (Å²) in [4.78, 5) is 12.2. The van der Waals surface area contributed by atoms with E-state index in [0.29, 0.717) is 17.7 Å². The molecular weight excluding hydrogens is 328 g/mol. The number of aromatic nitrogens is 1. The molecule has 0 unspecified atom stereocenters. The van der Waals surface area contributed by atoms with Gasteiger partial charge in [0.15, 0.2) is 0 Å². The number of hydrogen-bond donors (Lipinski definition) is 3. The molecule has 0 saturated carbocycles. The molecule has 2 rings (SSSR count). The van der Waals surface area contributed by atoms with E-state index in [4.69, 9.17) is 11.1 Å². The Morgan fingerprint density at radius 3 is 2.17 bits per heavy atom. The van der Waals surface area contributed by atoms with Gasteiger partial charge in [-0.15, -0.1) is 0 Å². The smallest absolute Gasteiger partial charge is 0.253 e. The van der Waals surface area contributed by atoms with Gasteiger partial charge >= 0.3 is 0 Å². The Morgan fingerprint density at radius 1 is 1.21 bits per heavy atom. The number of nitrogen functional groups attached to an aromatic ring is 1. The molecule has 5 nitrogen and oxygen atoms in total. The predicted octanol–water partition coefficient (Wildman–Crippen LogP) is 2.88. The van der Waals surface area contributed by atoms with Crippen molar-refractivity contribution in [2.45, 2.75) is 34.2 Å². The van der Waals surface area contributed by atoms with E-state index in [1.807, 2.05) is 57.5 Å². The standard InChI is InChI=1S/C16H20N4O.C2H6.Ar/c1-10-8-14(11(2)20(10)3)16(21)19-9-12-4-6-13(7-5-12)15(17)18;1-2;/h4-8H,9H2,1-3H3,(H3,17,18)(H,19,21);1-2H3;. The minimum atomic E-state index is -0.0770. The molecule has 0 aliphatic rings. The molecule has 24 heavy (non-hydrogen) atoms. The van der Waals surface area contributed by atoms with Crippen LogP contribution in [-0.4, -0.2) is 16.3 Å². The average Bonchev–Trinajstić information content (AvgIpc) is 2.82. The number of carbonyl (C=O) groups excluding carboxylic acids is 1. The summed E-state index contributed by atoms with van der Waals surface area (Å²) in [6.07, 6.45) is 0. The monoisotopic (exact) mass is 354 g/mol. The largest absolute Gasteiger partial charge is 0.384 e. The zero-order valence-corrected chi connectivity index (χ0v) is 15.6. The van der Waals surface area contributed by atoms with E-state index < -0.39 is 0 Å². The van der Waals surface area contributed by atoms with E-state index in [2.05, 4.69) is 5.32 Å². The molecule has 1 aromatic carbocycles. The van der Waals surface area contributed by atoms with Crippen LogP contribution in [0.25, 0.3) is 0 Å². The third-order valence-corrected chi connectivity index (χ3v) is 3.74. The molecule has 0 bridgehead atoms. The second kappa shape index (κ2) is 10.5. The third kappa shape index (κ3) is 5.65. The quantitative estimate of drug-likeness (QED) is 0.583. The van der Waals surface area contributed by atoms with Gasteiger partial charge < -0.3 is 15.6 Å². The molecule has 4 N–H and O–H groups in total. The molecule has 1 amide bonds. The number of rotatable bonds is 4. The van der Waals surface area contributed by atoms with E-state index in [0.717, 1.165) is 17.0 Å². The number of carbonyl (C=O) groups is 1. The fourth-order valence-electron chi connectivity index (χ4n) is 2.16. The van der Waals surface area contributed by atoms with Crippen molar-refractivity contribution in [2.24, 2.45) is 12.8 Å². The Bertz CT molecular complexity index is 690. The molecule has 0 fully saturated rings. The minimum Gasteiger partial charge on any atom is -0.384 e. The first-order chi connectivity index (χ1) is 10.9. The summed E-state index contributed by atoms with van der Waals surface area (Å²) >= 11 is 0. The summed E-state index contributed by atoms with van der Waals surface area (Å²) < 4.78 is 2.00. The van der Waals surface area contributed by atoms with E-state index in [1.165, 1.54) is 0 Å². The summed E-state index contributed by atoms with van der Waals surface area (Å²) in [7, 11) is 1.95. The van der Waals surface area contributed by atoms with Gasteiger partial charge in [-0.2, -0.15) is 0 Å². The fourth-order valence-corrected chi connectivity index (χ4v) is 2.16. The molecular formula is C18H26ArN4O. The normalized spacial score (nSPS) is 9.38. The van der Waals surface area contributed by atoms with Crippen LogP contribution in [-0.2, 0) is 13.6 Å². The summed E-state index contributed by atoms with van der Waals surface area (Å²) in [5.41, 5.74) is 9.78. The molecule has 0 radical (unpaired) electrons. The number of aryl methyl sites for hydroxylation is 1. The van der Waals surface area contributed by atoms with Crippen molar-refractivity contribution < 1.29 is 42.5 Å². The Morgan fingerprint density at radius 2 is 1.75 bits per heavy atom. The predicted molar refractivity (Wildman–Crippen MR) is 94.9 cm³/mol. The molecule has 0 spiro atoms. The van der Waals surface area contributed by atoms with E-state index in [-0.39, 0.29) is 49.5 Å². The summed E-state index contributed by atoms with van der Waals surface area (Å²) in [6, 6.07) is 9.17. The molecule has 1 heterocycles. The number of amides is 1. The van der Waals surface area contributed by atoms with Crippen molar-refractivity contribution in [2.75, 3.05) is 0 Å². The molecule has 132 valence electrons. The van der Waals surface area contributed by atoms with E-state index in [1.54, 1.807) is 12.1 Å². The number of hydrogen-bond acceptors (Lipinski definition) is 2. The summed E-state index contributed by atoms with van der Waals surface area (Å²) in [6.45, 7) is 8.36.